The van der Waals surface area contributed by atoms with Crippen molar-refractivity contribution in [1.29, 1.82) is 0 Å². The summed E-state index contributed by atoms with van der Waals surface area (Å²) in [5.74, 6) is 0. The zero-order chi connectivity index (χ0) is 15.4. The zero-order valence-corrected chi connectivity index (χ0v) is 19.0. The Bertz CT molecular complexity index is 149. The molecular formula is C21H43Zn. The van der Waals surface area contributed by atoms with Crippen molar-refractivity contribution in [2.75, 3.05) is 0 Å². The number of hydrogen-bond acceptors (Lipinski definition) is 0. The van der Waals surface area contributed by atoms with Gasteiger partial charge in [-0.3, -0.25) is 0 Å². The van der Waals surface area contributed by atoms with E-state index in [4.69, 9.17) is 0 Å². The predicted octanol–water partition coefficient (Wildman–Crippen LogP) is 8.25. The summed E-state index contributed by atoms with van der Waals surface area (Å²) in [7, 11) is 0. The Labute approximate surface area is 155 Å². The van der Waals surface area contributed by atoms with Crippen LogP contribution in [0.5, 0.6) is 0 Å². The molecule has 129 valence electrons. The van der Waals surface area contributed by atoms with Crippen LogP contribution in [0.2, 0.25) is 0 Å². The van der Waals surface area contributed by atoms with Crippen LogP contribution in [0, 0.1) is 6.42 Å². The van der Waals surface area contributed by atoms with Crippen LogP contribution in [0.3, 0.4) is 0 Å². The molecule has 0 aromatic rings. The number of rotatable bonds is 18. The summed E-state index contributed by atoms with van der Waals surface area (Å²) in [5, 5.41) is 0. The Morgan fingerprint density at radius 2 is 0.682 bits per heavy atom. The van der Waals surface area contributed by atoms with Crippen LogP contribution in [0.15, 0.2) is 0 Å². The van der Waals surface area contributed by atoms with Crippen LogP contribution >= 0.6 is 0 Å². The predicted molar refractivity (Wildman–Crippen MR) is 98.8 cm³/mol. The summed E-state index contributed by atoms with van der Waals surface area (Å²) >= 11 is 0. The quantitative estimate of drug-likeness (QED) is 0.170. The first kappa shape index (κ1) is 24.9. The van der Waals surface area contributed by atoms with Crippen molar-refractivity contribution in [3.05, 3.63) is 6.42 Å². The van der Waals surface area contributed by atoms with Gasteiger partial charge in [-0.2, -0.15) is 0 Å². The monoisotopic (exact) mass is 359 g/mol. The third kappa shape index (κ3) is 22.9. The van der Waals surface area contributed by atoms with Gasteiger partial charge in [-0.15, -0.1) is 0 Å². The third-order valence-electron chi connectivity index (χ3n) is 4.52. The molecule has 0 aromatic carbocycles. The maximum Gasteiger partial charge on any atom is 0 e. The number of hydrogen-bond donors (Lipinski definition) is 0. The van der Waals surface area contributed by atoms with E-state index in [-0.39, 0.29) is 19.5 Å². The first-order chi connectivity index (χ1) is 10.4. The second-order valence-electron chi connectivity index (χ2n) is 6.82. The minimum absolute atomic E-state index is 0. The molecule has 0 bridgehead atoms. The van der Waals surface area contributed by atoms with Gasteiger partial charge in [-0.1, -0.05) is 129 Å². The molecule has 0 nitrogen and oxygen atoms in total. The van der Waals surface area contributed by atoms with Gasteiger partial charge in [0.2, 0.25) is 0 Å². The summed E-state index contributed by atoms with van der Waals surface area (Å²) in [4.78, 5) is 0. The topological polar surface area (TPSA) is 0 Å². The molecule has 0 rings (SSSR count). The molecule has 0 aliphatic rings. The molecule has 0 saturated heterocycles. The molecule has 0 spiro atoms. The van der Waals surface area contributed by atoms with Crippen molar-refractivity contribution in [2.45, 2.75) is 129 Å². The normalized spacial score (nSPS) is 10.6. The fourth-order valence-electron chi connectivity index (χ4n) is 2.99. The van der Waals surface area contributed by atoms with Crippen molar-refractivity contribution in [2.24, 2.45) is 0 Å². The maximum atomic E-state index is 2.55. The van der Waals surface area contributed by atoms with Gasteiger partial charge in [0, 0.05) is 19.5 Å². The van der Waals surface area contributed by atoms with Crippen molar-refractivity contribution in [3.63, 3.8) is 0 Å². The zero-order valence-electron chi connectivity index (χ0n) is 16.0. The van der Waals surface area contributed by atoms with E-state index in [1.807, 2.05) is 0 Å². The Morgan fingerprint density at radius 3 is 1.00 bits per heavy atom. The van der Waals surface area contributed by atoms with E-state index < -0.39 is 0 Å². The molecule has 0 atom stereocenters. The standard InChI is InChI=1S/C21H43.Zn/c1-3-5-7-9-11-13-15-17-19-21-20-18-16-14-12-10-8-6-4-2;/h21H,3-20H2,1-2H3;. The van der Waals surface area contributed by atoms with Crippen LogP contribution in [0.4, 0.5) is 0 Å². The molecule has 1 radical (unpaired) electrons. The van der Waals surface area contributed by atoms with Crippen molar-refractivity contribution >= 4 is 0 Å². The van der Waals surface area contributed by atoms with Crippen LogP contribution in [0.1, 0.15) is 129 Å². The van der Waals surface area contributed by atoms with E-state index in [1.54, 1.807) is 0 Å². The van der Waals surface area contributed by atoms with E-state index in [2.05, 4.69) is 20.3 Å². The molecule has 0 unspecified atom stereocenters. The molecule has 0 aliphatic carbocycles. The molecule has 0 aliphatic heterocycles. The smallest absolute Gasteiger partial charge is 0 e. The fourth-order valence-corrected chi connectivity index (χ4v) is 2.99. The molecule has 0 saturated carbocycles. The molecule has 0 heterocycles. The van der Waals surface area contributed by atoms with Crippen molar-refractivity contribution in [1.82, 2.24) is 0 Å². The molecule has 0 fully saturated rings. The Morgan fingerprint density at radius 1 is 0.409 bits per heavy atom. The SMILES string of the molecule is CCCCCCCCCC[CH]CCCCCCCCCC.[Zn]. The molecule has 0 aromatic heterocycles. The van der Waals surface area contributed by atoms with Crippen molar-refractivity contribution in [3.8, 4) is 0 Å². The number of unbranched alkanes of at least 4 members (excludes halogenated alkanes) is 18. The van der Waals surface area contributed by atoms with E-state index in [1.165, 1.54) is 116 Å². The van der Waals surface area contributed by atoms with E-state index in [0.717, 1.165) is 0 Å². The first-order valence-electron chi connectivity index (χ1n) is 10.2. The Kier molecular flexibility index (Phi) is 27.0. The van der Waals surface area contributed by atoms with Crippen LogP contribution in [-0.4, -0.2) is 0 Å². The second kappa shape index (κ2) is 23.9. The van der Waals surface area contributed by atoms with Gasteiger partial charge in [-0.05, 0) is 6.42 Å². The first-order valence-corrected chi connectivity index (χ1v) is 10.2. The molecule has 0 N–H and O–H groups in total. The van der Waals surface area contributed by atoms with Gasteiger partial charge in [0.25, 0.3) is 0 Å². The largest absolute Gasteiger partial charge is 0.0654 e. The van der Waals surface area contributed by atoms with Crippen LogP contribution in [-0.2, 0) is 19.5 Å². The molecule has 1 heteroatoms. The summed E-state index contributed by atoms with van der Waals surface area (Å²) in [6.45, 7) is 4.59. The average Bonchev–Trinajstić information content (AvgIpc) is 2.50. The third-order valence-corrected chi connectivity index (χ3v) is 4.52. The average molecular weight is 361 g/mol. The maximum absolute atomic E-state index is 2.55. The van der Waals surface area contributed by atoms with Crippen LogP contribution in [0.25, 0.3) is 0 Å². The van der Waals surface area contributed by atoms with Gasteiger partial charge in [0.05, 0.1) is 0 Å². The summed E-state index contributed by atoms with van der Waals surface area (Å²) in [6.07, 6.45) is 28.4. The van der Waals surface area contributed by atoms with Crippen LogP contribution < -0.4 is 0 Å². The van der Waals surface area contributed by atoms with Gasteiger partial charge >= 0.3 is 0 Å². The van der Waals surface area contributed by atoms with Gasteiger partial charge in [-0.25, -0.2) is 0 Å². The van der Waals surface area contributed by atoms with Gasteiger partial charge in [0.15, 0.2) is 0 Å². The van der Waals surface area contributed by atoms with E-state index >= 15 is 0 Å². The Balaban J connectivity index is 0. The molecule has 0 amide bonds. The Hall–Kier alpha value is 0.623. The second-order valence-corrected chi connectivity index (χ2v) is 6.82. The summed E-state index contributed by atoms with van der Waals surface area (Å²) in [5.41, 5.74) is 0. The van der Waals surface area contributed by atoms with Gasteiger partial charge < -0.3 is 0 Å². The molecular weight excluding hydrogens is 318 g/mol. The minimum atomic E-state index is 0. The summed E-state index contributed by atoms with van der Waals surface area (Å²) in [6, 6.07) is 0. The minimum Gasteiger partial charge on any atom is -0.0654 e. The molecule has 22 heavy (non-hydrogen) atoms. The van der Waals surface area contributed by atoms with Gasteiger partial charge in [0.1, 0.15) is 0 Å². The van der Waals surface area contributed by atoms with Crippen molar-refractivity contribution < 1.29 is 19.5 Å². The fraction of sp³-hybridized carbons (Fsp3) is 0.952. The summed E-state index contributed by atoms with van der Waals surface area (Å²) < 4.78 is 0. The van der Waals surface area contributed by atoms with E-state index in [9.17, 15) is 0 Å². The van der Waals surface area contributed by atoms with E-state index in [0.29, 0.717) is 0 Å².